The monoisotopic (exact) mass is 822 g/mol. The van der Waals surface area contributed by atoms with Crippen molar-refractivity contribution in [1.29, 1.82) is 0 Å². The molecule has 3 saturated heterocycles. The van der Waals surface area contributed by atoms with E-state index in [1.807, 2.05) is 13.8 Å². The Morgan fingerprint density at radius 3 is 2.19 bits per heavy atom. The summed E-state index contributed by atoms with van der Waals surface area (Å²) >= 11 is 0. The van der Waals surface area contributed by atoms with Gasteiger partial charge in [-0.3, -0.25) is 9.59 Å². The summed E-state index contributed by atoms with van der Waals surface area (Å²) < 4.78 is 50.4. The van der Waals surface area contributed by atoms with Gasteiger partial charge in [0.1, 0.15) is 24.4 Å². The number of Topliss-reactive ketones (excluding diaryl/α,β-unsaturated/α-hetero) is 1. The predicted octanol–water partition coefficient (Wildman–Crippen LogP) is 7.32. The quantitative estimate of drug-likeness (QED) is 0.222. The molecule has 1 saturated carbocycles. The third kappa shape index (κ3) is 9.34. The molecule has 328 valence electrons. The Bertz CT molecular complexity index is 1660. The van der Waals surface area contributed by atoms with Gasteiger partial charge in [-0.05, 0) is 127 Å². The van der Waals surface area contributed by atoms with Gasteiger partial charge in [0.2, 0.25) is 0 Å². The zero-order chi connectivity index (χ0) is 42.1. The Morgan fingerprint density at radius 2 is 1.53 bits per heavy atom. The van der Waals surface area contributed by atoms with E-state index in [1.54, 1.807) is 21.3 Å². The van der Waals surface area contributed by atoms with Gasteiger partial charge in [-0.1, -0.05) is 55.8 Å². The maximum Gasteiger partial charge on any atom is 0.306 e. The smallest absolute Gasteiger partial charge is 0.306 e. The highest BCUT2D eigenvalue weighted by atomic mass is 16.7. The lowest BCUT2D eigenvalue weighted by Gasteiger charge is -2.44. The van der Waals surface area contributed by atoms with Gasteiger partial charge >= 0.3 is 5.97 Å². The second kappa shape index (κ2) is 19.3. The summed E-state index contributed by atoms with van der Waals surface area (Å²) in [5, 5.41) is 0. The van der Waals surface area contributed by atoms with E-state index in [9.17, 15) is 4.79 Å². The Morgan fingerprint density at radius 1 is 0.797 bits per heavy atom. The highest BCUT2D eigenvalue weighted by Crippen LogP contribution is 2.58. The van der Waals surface area contributed by atoms with Crippen molar-refractivity contribution in [3.05, 3.63) is 53.1 Å². The number of benzene rings is 1. The number of allylic oxidation sites excluding steroid dienone is 4. The number of carbonyl (C=O) groups excluding carboxylic acids is 2. The third-order valence-corrected chi connectivity index (χ3v) is 14.7. The van der Waals surface area contributed by atoms with Crippen LogP contribution in [0.1, 0.15) is 96.6 Å². The van der Waals surface area contributed by atoms with Gasteiger partial charge in [0, 0.05) is 39.2 Å². The molecule has 3 heterocycles. The summed E-state index contributed by atoms with van der Waals surface area (Å²) in [6, 6.07) is 9.01. The van der Waals surface area contributed by atoms with Gasteiger partial charge in [-0.15, -0.1) is 0 Å². The van der Waals surface area contributed by atoms with Crippen molar-refractivity contribution in [3.63, 3.8) is 0 Å². The molecule has 0 amide bonds. The number of likely N-dealkylation sites (N-methyl/N-ethyl adjacent to an activating group) is 1. The SMILES string of the molecule is CC[C@H]1CCC[C@H](O[C@H]2CC[C@H](N(C)C)C(C)O2)[C@@H](C)C(=O)C2=C[C@@H]3C(C(c4ccc(C)cc4)=CC4C[C@@H](O[C@@H]5OC(C)[C@H](OC)C(OC)[C@@H]5OC)C[C@H]43)[C@@H]2CC(=O)O1. The second-order valence-electron chi connectivity index (χ2n) is 18.5. The van der Waals surface area contributed by atoms with Crippen LogP contribution in [0, 0.1) is 42.4 Å². The number of methoxy groups -OCH3 is 3. The lowest BCUT2D eigenvalue weighted by atomic mass is 9.65. The normalized spacial score (nSPS) is 41.8. The maximum atomic E-state index is 15.1. The fourth-order valence-electron chi connectivity index (χ4n) is 11.6. The summed E-state index contributed by atoms with van der Waals surface area (Å²) in [5.74, 6) is -0.509. The number of ether oxygens (including phenoxy) is 8. The van der Waals surface area contributed by atoms with E-state index in [0.29, 0.717) is 12.5 Å². The first-order valence-electron chi connectivity index (χ1n) is 22.5. The van der Waals surface area contributed by atoms with Crippen LogP contribution < -0.4 is 0 Å². The molecular formula is C48H71NO10. The number of rotatable bonds is 10. The summed E-state index contributed by atoms with van der Waals surface area (Å²) in [4.78, 5) is 31.4. The number of cyclic esters (lactones) is 1. The topological polar surface area (TPSA) is 111 Å². The number of hydrogen-bond acceptors (Lipinski definition) is 11. The van der Waals surface area contributed by atoms with E-state index in [1.165, 1.54) is 11.1 Å². The Balaban J connectivity index is 1.21. The number of ketones is 1. The summed E-state index contributed by atoms with van der Waals surface area (Å²) in [6.45, 7) is 10.3. The third-order valence-electron chi connectivity index (χ3n) is 14.7. The first-order valence-corrected chi connectivity index (χ1v) is 22.5. The number of esters is 1. The highest BCUT2D eigenvalue weighted by Gasteiger charge is 2.54. The van der Waals surface area contributed by atoms with E-state index >= 15 is 4.79 Å². The Labute approximate surface area is 352 Å². The van der Waals surface area contributed by atoms with E-state index < -0.39 is 18.3 Å². The van der Waals surface area contributed by atoms with Crippen LogP contribution in [0.5, 0.6) is 0 Å². The molecular weight excluding hydrogens is 751 g/mol. The van der Waals surface area contributed by atoms with Crippen molar-refractivity contribution < 1.29 is 47.5 Å². The second-order valence-corrected chi connectivity index (χ2v) is 18.5. The first-order chi connectivity index (χ1) is 28.3. The summed E-state index contributed by atoms with van der Waals surface area (Å²) in [7, 11) is 9.18. The molecule has 11 heteroatoms. The minimum absolute atomic E-state index is 0.0196. The largest absolute Gasteiger partial charge is 0.462 e. The number of carbonyl (C=O) groups is 2. The molecule has 3 aliphatic heterocycles. The van der Waals surface area contributed by atoms with Crippen LogP contribution in [-0.4, -0.2) is 120 Å². The van der Waals surface area contributed by atoms with E-state index in [0.717, 1.165) is 56.1 Å². The predicted molar refractivity (Wildman–Crippen MR) is 224 cm³/mol. The zero-order valence-corrected chi connectivity index (χ0v) is 37.2. The first kappa shape index (κ1) is 44.6. The molecule has 3 aliphatic carbocycles. The molecule has 4 fully saturated rings. The van der Waals surface area contributed by atoms with E-state index in [-0.39, 0.29) is 96.8 Å². The molecule has 7 rings (SSSR count). The number of nitrogens with zero attached hydrogens (tertiary/aromatic N) is 1. The van der Waals surface area contributed by atoms with Crippen molar-refractivity contribution in [2.45, 2.75) is 160 Å². The minimum Gasteiger partial charge on any atom is -0.462 e. The minimum atomic E-state index is -0.629. The van der Waals surface area contributed by atoms with Crippen LogP contribution >= 0.6 is 0 Å². The molecule has 0 radical (unpaired) electrons. The molecule has 1 aromatic rings. The molecule has 17 atom stereocenters. The standard InChI is InChI=1S/C48H71NO10/c1-11-32-13-12-14-40(59-42-20-19-39(49(6)7)28(4)55-42)27(3)44(51)38-24-36-34-23-33(58-48-47(54-10)46(53-9)45(52-8)29(5)56-48)21-31(34)22-35(30-17-15-26(2)16-18-30)43(36)37(38)25-41(50)57-32/h15-18,22,24,27-29,31-34,36-37,39-40,42-43,45-48H,11-14,19-21,23,25H2,1-10H3/t27-,28?,29?,31?,32+,33-,34-,36+,37-,39+,40+,42+,43?,45+,46?,47+,48+/m1/s1. The van der Waals surface area contributed by atoms with Gasteiger partial charge in [-0.2, -0.15) is 0 Å². The Hall–Kier alpha value is -2.48. The molecule has 6 aliphatic rings. The van der Waals surface area contributed by atoms with Crippen LogP contribution in [0.2, 0.25) is 0 Å². The van der Waals surface area contributed by atoms with Gasteiger partial charge in [-0.25, -0.2) is 0 Å². The maximum absolute atomic E-state index is 15.1. The number of fused-ring (bicyclic) bond motifs is 5. The molecule has 5 unspecified atom stereocenters. The van der Waals surface area contributed by atoms with Crippen molar-refractivity contribution >= 4 is 17.3 Å². The fraction of sp³-hybridized carbons (Fsp3) is 0.750. The average molecular weight is 822 g/mol. The fourth-order valence-corrected chi connectivity index (χ4v) is 11.6. The molecule has 11 nitrogen and oxygen atoms in total. The lowest BCUT2D eigenvalue weighted by Crippen LogP contribution is -2.59. The zero-order valence-electron chi connectivity index (χ0n) is 37.2. The molecule has 59 heavy (non-hydrogen) atoms. The van der Waals surface area contributed by atoms with Crippen molar-refractivity contribution in [2.75, 3.05) is 35.4 Å². The van der Waals surface area contributed by atoms with Gasteiger partial charge in [0.25, 0.3) is 0 Å². The highest BCUT2D eigenvalue weighted by molar-refractivity contribution is 5.99. The van der Waals surface area contributed by atoms with Crippen LogP contribution in [-0.2, 0) is 47.5 Å². The summed E-state index contributed by atoms with van der Waals surface area (Å²) in [5.41, 5.74) is 4.26. The lowest BCUT2D eigenvalue weighted by molar-refractivity contribution is -0.314. The van der Waals surface area contributed by atoms with Crippen LogP contribution in [0.25, 0.3) is 5.57 Å². The molecule has 0 spiro atoms. The van der Waals surface area contributed by atoms with Crippen LogP contribution in [0.15, 0.2) is 42.0 Å². The number of hydrogen-bond donors (Lipinski definition) is 0. The van der Waals surface area contributed by atoms with E-state index in [2.05, 4.69) is 76.2 Å². The van der Waals surface area contributed by atoms with Gasteiger partial charge in [0.15, 0.2) is 18.4 Å². The van der Waals surface area contributed by atoms with E-state index in [4.69, 9.17) is 37.9 Å². The molecule has 0 aromatic heterocycles. The average Bonchev–Trinajstić information content (AvgIpc) is 3.79. The number of aryl methyl sites for hydroxylation is 1. The molecule has 0 N–H and O–H groups in total. The van der Waals surface area contributed by atoms with Crippen molar-refractivity contribution in [3.8, 4) is 0 Å². The molecule has 1 aromatic carbocycles. The molecule has 0 bridgehead atoms. The van der Waals surface area contributed by atoms with Crippen molar-refractivity contribution in [2.24, 2.45) is 35.5 Å². The van der Waals surface area contributed by atoms with Gasteiger partial charge in [0.05, 0.1) is 30.8 Å². The van der Waals surface area contributed by atoms with Crippen LogP contribution in [0.4, 0.5) is 0 Å². The van der Waals surface area contributed by atoms with Crippen molar-refractivity contribution in [1.82, 2.24) is 4.90 Å². The Kier molecular flexibility index (Phi) is 14.6. The van der Waals surface area contributed by atoms with Gasteiger partial charge < -0.3 is 42.8 Å². The summed E-state index contributed by atoms with van der Waals surface area (Å²) in [6.07, 6.45) is 8.19. The van der Waals surface area contributed by atoms with Crippen LogP contribution in [0.3, 0.4) is 0 Å².